The zero-order chi connectivity index (χ0) is 17.2. The number of hydrogen-bond acceptors (Lipinski definition) is 2. The van der Waals surface area contributed by atoms with Crippen molar-refractivity contribution < 1.29 is 22.7 Å². The summed E-state index contributed by atoms with van der Waals surface area (Å²) in [4.78, 5) is 13.7. The molecule has 1 saturated heterocycles. The van der Waals surface area contributed by atoms with Gasteiger partial charge in [-0.05, 0) is 25.0 Å². The second-order valence-electron chi connectivity index (χ2n) is 5.16. The first-order valence-electron chi connectivity index (χ1n) is 6.87. The second-order valence-corrected chi connectivity index (χ2v) is 6.48. The molecular weight excluding hydrogens is 401 g/mol. The van der Waals surface area contributed by atoms with Crippen LogP contribution in [0, 0.1) is 0 Å². The number of halogens is 5. The fourth-order valence-corrected chi connectivity index (χ4v) is 3.26. The van der Waals surface area contributed by atoms with Gasteiger partial charge in [-0.25, -0.2) is 4.79 Å². The fraction of sp³-hybridized carbons (Fsp3) is 0.500. The van der Waals surface area contributed by atoms with Gasteiger partial charge in [0.05, 0.1) is 22.4 Å². The molecule has 1 fully saturated rings. The van der Waals surface area contributed by atoms with E-state index in [1.807, 2.05) is 0 Å². The summed E-state index contributed by atoms with van der Waals surface area (Å²) in [6.45, 7) is 0.833. The number of methoxy groups -OCH3 is 1. The number of likely N-dealkylation sites (tertiary alicyclic amines) is 1. The average molecular weight is 416 g/mol. The molecule has 0 saturated carbocycles. The van der Waals surface area contributed by atoms with Crippen LogP contribution in [0.1, 0.15) is 18.4 Å². The van der Waals surface area contributed by atoms with Crippen LogP contribution in [-0.2, 0) is 10.9 Å². The molecule has 0 aliphatic carbocycles. The van der Waals surface area contributed by atoms with Gasteiger partial charge >= 0.3 is 12.2 Å². The zero-order valence-electron chi connectivity index (χ0n) is 12.2. The minimum atomic E-state index is -4.63. The Balaban J connectivity index is 2.18. The summed E-state index contributed by atoms with van der Waals surface area (Å²) in [6, 6.07) is 1.59. The van der Waals surface area contributed by atoms with Gasteiger partial charge in [-0.2, -0.15) is 13.2 Å². The molecule has 0 spiro atoms. The highest BCUT2D eigenvalue weighted by atomic mass is 79.9. The Bertz CT molecular complexity index is 590. The van der Waals surface area contributed by atoms with Gasteiger partial charge in [0.15, 0.2) is 0 Å². The summed E-state index contributed by atoms with van der Waals surface area (Å²) in [5.41, 5.74) is -1.42. The highest BCUT2D eigenvalue weighted by Gasteiger charge is 2.36. The molecule has 0 atom stereocenters. The molecule has 0 bridgehead atoms. The van der Waals surface area contributed by atoms with E-state index in [4.69, 9.17) is 16.3 Å². The molecule has 1 N–H and O–H groups in total. The number of anilines is 1. The number of alkyl halides is 3. The van der Waals surface area contributed by atoms with E-state index in [0.29, 0.717) is 25.9 Å². The maximum Gasteiger partial charge on any atom is 0.418 e. The molecule has 128 valence electrons. The lowest BCUT2D eigenvalue weighted by molar-refractivity contribution is -0.137. The maximum atomic E-state index is 13.1. The number of carbonyl (C=O) groups is 1. The molecule has 0 radical (unpaired) electrons. The maximum absolute atomic E-state index is 13.1. The number of carbonyl (C=O) groups excluding carboxylic acids is 1. The number of nitrogens with one attached hydrogen (secondary N) is 1. The molecule has 23 heavy (non-hydrogen) atoms. The minimum absolute atomic E-state index is 0.0704. The van der Waals surface area contributed by atoms with E-state index in [0.717, 1.165) is 6.07 Å². The first kappa shape index (κ1) is 18.4. The van der Waals surface area contributed by atoms with E-state index in [2.05, 4.69) is 21.2 Å². The van der Waals surface area contributed by atoms with Crippen molar-refractivity contribution in [1.29, 1.82) is 0 Å². The lowest BCUT2D eigenvalue weighted by atomic mass is 10.1. The minimum Gasteiger partial charge on any atom is -0.381 e. The van der Waals surface area contributed by atoms with Crippen LogP contribution >= 0.6 is 27.5 Å². The van der Waals surface area contributed by atoms with Gasteiger partial charge in [0.1, 0.15) is 0 Å². The molecule has 4 nitrogen and oxygen atoms in total. The monoisotopic (exact) mass is 414 g/mol. The SMILES string of the molecule is COC1CCN(C(=O)Nc2c(Cl)cc(Br)cc2C(F)(F)F)CC1. The quantitative estimate of drug-likeness (QED) is 0.756. The number of amides is 2. The van der Waals surface area contributed by atoms with Gasteiger partial charge in [-0.3, -0.25) is 0 Å². The first-order chi connectivity index (χ1) is 10.7. The first-order valence-corrected chi connectivity index (χ1v) is 8.04. The third kappa shape index (κ3) is 4.51. The van der Waals surface area contributed by atoms with Crippen molar-refractivity contribution in [3.63, 3.8) is 0 Å². The van der Waals surface area contributed by atoms with E-state index in [1.54, 1.807) is 7.11 Å². The Hall–Kier alpha value is -0.990. The summed E-state index contributed by atoms with van der Waals surface area (Å²) in [5, 5.41) is 2.11. The van der Waals surface area contributed by atoms with Crippen LogP contribution in [0.3, 0.4) is 0 Å². The number of hydrogen-bond donors (Lipinski definition) is 1. The van der Waals surface area contributed by atoms with Gasteiger partial charge in [-0.1, -0.05) is 27.5 Å². The van der Waals surface area contributed by atoms with Crippen molar-refractivity contribution in [1.82, 2.24) is 4.90 Å². The Morgan fingerprint density at radius 1 is 1.39 bits per heavy atom. The van der Waals surface area contributed by atoms with Crippen molar-refractivity contribution in [2.45, 2.75) is 25.1 Å². The number of piperidine rings is 1. The third-order valence-electron chi connectivity index (χ3n) is 3.65. The molecular formula is C14H15BrClF3N2O2. The molecule has 1 aromatic carbocycles. The molecule has 9 heteroatoms. The van der Waals surface area contributed by atoms with Crippen LogP contribution in [0.25, 0.3) is 0 Å². The van der Waals surface area contributed by atoms with Crippen molar-refractivity contribution in [2.24, 2.45) is 0 Å². The van der Waals surface area contributed by atoms with Crippen LogP contribution in [0.4, 0.5) is 23.7 Å². The summed E-state index contributed by atoms with van der Waals surface area (Å²) in [6.07, 6.45) is -3.27. The summed E-state index contributed by atoms with van der Waals surface area (Å²) in [7, 11) is 1.59. The normalized spacial score (nSPS) is 16.5. The van der Waals surface area contributed by atoms with Crippen molar-refractivity contribution in [3.05, 3.63) is 27.2 Å². The predicted octanol–water partition coefficient (Wildman–Crippen LogP) is 4.76. The molecule has 1 aliphatic rings. The second kappa shape index (κ2) is 7.27. The third-order valence-corrected chi connectivity index (χ3v) is 4.41. The molecule has 1 aliphatic heterocycles. The smallest absolute Gasteiger partial charge is 0.381 e. The van der Waals surface area contributed by atoms with Gasteiger partial charge in [0, 0.05) is 24.7 Å². The van der Waals surface area contributed by atoms with E-state index in [1.165, 1.54) is 11.0 Å². The van der Waals surface area contributed by atoms with Crippen LogP contribution < -0.4 is 5.32 Å². The Kier molecular flexibility index (Phi) is 5.80. The number of benzene rings is 1. The van der Waals surface area contributed by atoms with Crippen molar-refractivity contribution in [2.75, 3.05) is 25.5 Å². The van der Waals surface area contributed by atoms with Crippen molar-refractivity contribution >= 4 is 39.2 Å². The number of ether oxygens (including phenoxy) is 1. The lowest BCUT2D eigenvalue weighted by Crippen LogP contribution is -2.43. The van der Waals surface area contributed by atoms with E-state index in [9.17, 15) is 18.0 Å². The van der Waals surface area contributed by atoms with Crippen LogP contribution in [0.5, 0.6) is 0 Å². The zero-order valence-corrected chi connectivity index (χ0v) is 14.6. The molecule has 1 aromatic rings. The van der Waals surface area contributed by atoms with Crippen molar-refractivity contribution in [3.8, 4) is 0 Å². The number of rotatable bonds is 2. The largest absolute Gasteiger partial charge is 0.418 e. The van der Waals surface area contributed by atoms with Crippen LogP contribution in [-0.4, -0.2) is 37.2 Å². The van der Waals surface area contributed by atoms with E-state index >= 15 is 0 Å². The van der Waals surface area contributed by atoms with Gasteiger partial charge in [0.25, 0.3) is 0 Å². The Morgan fingerprint density at radius 3 is 2.52 bits per heavy atom. The average Bonchev–Trinajstić information content (AvgIpc) is 2.48. The van der Waals surface area contributed by atoms with E-state index < -0.39 is 23.5 Å². The van der Waals surface area contributed by atoms with Gasteiger partial charge in [-0.15, -0.1) is 0 Å². The standard InChI is InChI=1S/C14H15BrClF3N2O2/c1-23-9-2-4-21(5-3-9)13(22)20-12-10(14(17,18)19)6-8(15)7-11(12)16/h6-7,9H,2-5H2,1H3,(H,20,22). The number of nitrogens with zero attached hydrogens (tertiary/aromatic N) is 1. The Labute approximate surface area is 145 Å². The Morgan fingerprint density at radius 2 is 2.00 bits per heavy atom. The van der Waals surface area contributed by atoms with E-state index in [-0.39, 0.29) is 15.6 Å². The van der Waals surface area contributed by atoms with Crippen LogP contribution in [0.15, 0.2) is 16.6 Å². The highest BCUT2D eigenvalue weighted by molar-refractivity contribution is 9.10. The predicted molar refractivity (Wildman–Crippen MR) is 84.8 cm³/mol. The summed E-state index contributed by atoms with van der Waals surface area (Å²) < 4.78 is 44.8. The molecule has 1 heterocycles. The summed E-state index contributed by atoms with van der Waals surface area (Å²) in [5.74, 6) is 0. The fourth-order valence-electron chi connectivity index (χ4n) is 2.40. The van der Waals surface area contributed by atoms with Gasteiger partial charge in [0.2, 0.25) is 0 Å². The molecule has 0 aromatic heterocycles. The van der Waals surface area contributed by atoms with Crippen LogP contribution in [0.2, 0.25) is 5.02 Å². The molecule has 2 rings (SSSR count). The number of urea groups is 1. The lowest BCUT2D eigenvalue weighted by Gasteiger charge is -2.31. The summed E-state index contributed by atoms with van der Waals surface area (Å²) >= 11 is 8.86. The topological polar surface area (TPSA) is 41.6 Å². The molecule has 2 amide bonds. The molecule has 0 unspecified atom stereocenters. The highest BCUT2D eigenvalue weighted by Crippen LogP contribution is 2.40. The van der Waals surface area contributed by atoms with Gasteiger partial charge < -0.3 is 15.0 Å².